The molecule has 0 aromatic heterocycles. The van der Waals surface area contributed by atoms with Gasteiger partial charge in [0.05, 0.1) is 5.56 Å². The van der Waals surface area contributed by atoms with Crippen molar-refractivity contribution in [2.75, 3.05) is 11.9 Å². The third-order valence-corrected chi connectivity index (χ3v) is 1.69. The van der Waals surface area contributed by atoms with Gasteiger partial charge in [-0.3, -0.25) is 4.79 Å². The minimum absolute atomic E-state index is 0.132. The third-order valence-electron chi connectivity index (χ3n) is 1.69. The molecule has 0 saturated heterocycles. The highest BCUT2D eigenvalue weighted by Gasteiger charge is 2.03. The Balaban J connectivity index is 2.65. The first-order chi connectivity index (χ1) is 7.63. The van der Waals surface area contributed by atoms with Crippen molar-refractivity contribution >= 4 is 17.6 Å². The Kier molecular flexibility index (Phi) is 3.88. The molecular formula is C9H8N4O3. The predicted molar refractivity (Wildman–Crippen MR) is 56.0 cm³/mol. The van der Waals surface area contributed by atoms with Crippen molar-refractivity contribution in [3.8, 4) is 0 Å². The standard InChI is InChI=1S/C9H8N4O3/c10-13-11-5-8(14)12-7-3-1-6(2-4-7)9(15)16/h1-4H,5H2,(H,12,14)(H,15,16). The van der Waals surface area contributed by atoms with Crippen molar-refractivity contribution in [2.45, 2.75) is 0 Å². The summed E-state index contributed by atoms with van der Waals surface area (Å²) in [5.41, 5.74) is 8.57. The number of carbonyl (C=O) groups excluding carboxylic acids is 1. The fourth-order valence-electron chi connectivity index (χ4n) is 0.992. The van der Waals surface area contributed by atoms with Gasteiger partial charge in [0.25, 0.3) is 0 Å². The van der Waals surface area contributed by atoms with E-state index in [1.807, 2.05) is 0 Å². The SMILES string of the molecule is [N-]=[N+]=NCC(=O)Nc1ccc(C(=O)O)cc1. The molecule has 0 bridgehead atoms. The summed E-state index contributed by atoms with van der Waals surface area (Å²) in [6.45, 7) is -0.294. The van der Waals surface area contributed by atoms with E-state index in [9.17, 15) is 9.59 Å². The third kappa shape index (κ3) is 3.32. The fraction of sp³-hybridized carbons (Fsp3) is 0.111. The number of rotatable bonds is 4. The van der Waals surface area contributed by atoms with E-state index >= 15 is 0 Å². The Hall–Kier alpha value is -2.53. The number of nitrogens with one attached hydrogen (secondary N) is 1. The average molecular weight is 220 g/mol. The number of anilines is 1. The van der Waals surface area contributed by atoms with Gasteiger partial charge >= 0.3 is 5.97 Å². The number of aromatic carboxylic acids is 1. The molecule has 0 unspecified atom stereocenters. The zero-order valence-electron chi connectivity index (χ0n) is 8.12. The Morgan fingerprint density at radius 2 is 2.00 bits per heavy atom. The number of nitrogens with zero attached hydrogens (tertiary/aromatic N) is 3. The summed E-state index contributed by atoms with van der Waals surface area (Å²) in [5.74, 6) is -1.49. The summed E-state index contributed by atoms with van der Waals surface area (Å²) in [5, 5.41) is 14.2. The molecule has 0 heterocycles. The van der Waals surface area contributed by atoms with Gasteiger partial charge in [-0.15, -0.1) is 0 Å². The zero-order valence-corrected chi connectivity index (χ0v) is 8.12. The summed E-state index contributed by atoms with van der Waals surface area (Å²) in [4.78, 5) is 24.1. The predicted octanol–water partition coefficient (Wildman–Crippen LogP) is 1.63. The lowest BCUT2D eigenvalue weighted by atomic mass is 10.2. The van der Waals surface area contributed by atoms with Crippen LogP contribution in [0.4, 0.5) is 5.69 Å². The maximum absolute atomic E-state index is 11.1. The van der Waals surface area contributed by atoms with Gasteiger partial charge in [0, 0.05) is 10.6 Å². The number of benzene rings is 1. The first-order valence-corrected chi connectivity index (χ1v) is 4.27. The van der Waals surface area contributed by atoms with Crippen LogP contribution in [0, 0.1) is 0 Å². The monoisotopic (exact) mass is 220 g/mol. The molecular weight excluding hydrogens is 212 g/mol. The van der Waals surface area contributed by atoms with E-state index < -0.39 is 11.9 Å². The number of azide groups is 1. The van der Waals surface area contributed by atoms with Crippen LogP contribution in [0.5, 0.6) is 0 Å². The van der Waals surface area contributed by atoms with Gasteiger partial charge in [0.15, 0.2) is 0 Å². The van der Waals surface area contributed by atoms with Crippen LogP contribution in [0.3, 0.4) is 0 Å². The minimum Gasteiger partial charge on any atom is -0.478 e. The average Bonchev–Trinajstić information content (AvgIpc) is 2.27. The Morgan fingerprint density at radius 3 is 2.50 bits per heavy atom. The molecule has 0 spiro atoms. The second kappa shape index (κ2) is 5.38. The molecule has 0 aliphatic heterocycles. The number of hydrogen-bond acceptors (Lipinski definition) is 3. The molecule has 0 fully saturated rings. The Morgan fingerprint density at radius 1 is 1.38 bits per heavy atom. The number of carboxylic acids is 1. The van der Waals surface area contributed by atoms with E-state index in [0.717, 1.165) is 0 Å². The second-order valence-electron chi connectivity index (χ2n) is 2.82. The van der Waals surface area contributed by atoms with E-state index in [2.05, 4.69) is 15.3 Å². The van der Waals surface area contributed by atoms with E-state index in [-0.39, 0.29) is 12.1 Å². The van der Waals surface area contributed by atoms with Crippen molar-refractivity contribution in [1.82, 2.24) is 0 Å². The Labute approximate surface area is 90.3 Å². The second-order valence-corrected chi connectivity index (χ2v) is 2.82. The number of hydrogen-bond donors (Lipinski definition) is 2. The molecule has 0 saturated carbocycles. The van der Waals surface area contributed by atoms with E-state index in [0.29, 0.717) is 5.69 Å². The highest BCUT2D eigenvalue weighted by Crippen LogP contribution is 2.09. The van der Waals surface area contributed by atoms with Crippen LogP contribution in [0.25, 0.3) is 10.4 Å². The van der Waals surface area contributed by atoms with Crippen LogP contribution in [0.15, 0.2) is 29.4 Å². The molecule has 0 aliphatic carbocycles. The van der Waals surface area contributed by atoms with Crippen molar-refractivity contribution in [2.24, 2.45) is 5.11 Å². The van der Waals surface area contributed by atoms with Gasteiger partial charge in [-0.2, -0.15) is 0 Å². The van der Waals surface area contributed by atoms with Crippen LogP contribution < -0.4 is 5.32 Å². The number of carbonyl (C=O) groups is 2. The normalized spacial score (nSPS) is 9.00. The summed E-state index contributed by atoms with van der Waals surface area (Å²) in [7, 11) is 0. The summed E-state index contributed by atoms with van der Waals surface area (Å²) < 4.78 is 0. The van der Waals surface area contributed by atoms with Gasteiger partial charge in [0.2, 0.25) is 5.91 Å². The molecule has 7 nitrogen and oxygen atoms in total. The van der Waals surface area contributed by atoms with Crippen LogP contribution in [-0.4, -0.2) is 23.5 Å². The van der Waals surface area contributed by atoms with Crippen LogP contribution >= 0.6 is 0 Å². The van der Waals surface area contributed by atoms with Gasteiger partial charge < -0.3 is 10.4 Å². The summed E-state index contributed by atoms with van der Waals surface area (Å²) in [6.07, 6.45) is 0. The van der Waals surface area contributed by atoms with E-state index in [1.165, 1.54) is 24.3 Å². The van der Waals surface area contributed by atoms with E-state index in [4.69, 9.17) is 10.6 Å². The molecule has 16 heavy (non-hydrogen) atoms. The highest BCUT2D eigenvalue weighted by atomic mass is 16.4. The highest BCUT2D eigenvalue weighted by molar-refractivity contribution is 5.93. The van der Waals surface area contributed by atoms with Crippen LogP contribution in [0.1, 0.15) is 10.4 Å². The zero-order chi connectivity index (χ0) is 12.0. The topological polar surface area (TPSA) is 115 Å². The molecule has 1 aromatic rings. The molecule has 0 aliphatic rings. The Bertz CT molecular complexity index is 448. The first-order valence-electron chi connectivity index (χ1n) is 4.27. The molecule has 7 heteroatoms. The van der Waals surface area contributed by atoms with Crippen LogP contribution in [0.2, 0.25) is 0 Å². The van der Waals surface area contributed by atoms with Crippen molar-refractivity contribution < 1.29 is 14.7 Å². The van der Waals surface area contributed by atoms with E-state index in [1.54, 1.807) is 0 Å². The molecule has 1 amide bonds. The molecule has 1 rings (SSSR count). The summed E-state index contributed by atoms with van der Waals surface area (Å²) >= 11 is 0. The number of carboxylic acid groups (broad SMARTS) is 1. The quantitative estimate of drug-likeness (QED) is 0.456. The van der Waals surface area contributed by atoms with Gasteiger partial charge in [-0.25, -0.2) is 4.79 Å². The first kappa shape index (κ1) is 11.5. The molecule has 1 aromatic carbocycles. The number of amides is 1. The van der Waals surface area contributed by atoms with Crippen molar-refractivity contribution in [3.63, 3.8) is 0 Å². The lowest BCUT2D eigenvalue weighted by molar-refractivity contribution is -0.114. The maximum atomic E-state index is 11.1. The smallest absolute Gasteiger partial charge is 0.335 e. The fourth-order valence-corrected chi connectivity index (χ4v) is 0.992. The van der Waals surface area contributed by atoms with Gasteiger partial charge in [-0.05, 0) is 29.8 Å². The minimum atomic E-state index is -1.04. The molecule has 0 atom stereocenters. The molecule has 82 valence electrons. The van der Waals surface area contributed by atoms with Gasteiger partial charge in [-0.1, -0.05) is 5.11 Å². The van der Waals surface area contributed by atoms with Crippen molar-refractivity contribution in [1.29, 1.82) is 0 Å². The molecule has 0 radical (unpaired) electrons. The lowest BCUT2D eigenvalue weighted by Gasteiger charge is -2.02. The largest absolute Gasteiger partial charge is 0.478 e. The maximum Gasteiger partial charge on any atom is 0.335 e. The van der Waals surface area contributed by atoms with Crippen LogP contribution in [-0.2, 0) is 4.79 Å². The molecule has 2 N–H and O–H groups in total. The van der Waals surface area contributed by atoms with Crippen molar-refractivity contribution in [3.05, 3.63) is 40.3 Å². The lowest BCUT2D eigenvalue weighted by Crippen LogP contribution is -2.14. The summed E-state index contributed by atoms with van der Waals surface area (Å²) in [6, 6.07) is 5.64. The van der Waals surface area contributed by atoms with Gasteiger partial charge in [0.1, 0.15) is 6.54 Å².